The van der Waals surface area contributed by atoms with Gasteiger partial charge in [-0.15, -0.1) is 0 Å². The van der Waals surface area contributed by atoms with Gasteiger partial charge in [0.1, 0.15) is 0 Å². The number of aryl methyl sites for hydroxylation is 1. The molecule has 0 spiro atoms. The van der Waals surface area contributed by atoms with E-state index in [0.717, 1.165) is 0 Å². The monoisotopic (exact) mass is 203 g/mol. The molecule has 6 nitrogen and oxygen atoms in total. The van der Waals surface area contributed by atoms with Crippen molar-refractivity contribution < 1.29 is 8.42 Å². The summed E-state index contributed by atoms with van der Waals surface area (Å²) in [6.45, 7) is 0. The van der Waals surface area contributed by atoms with Crippen molar-refractivity contribution in [2.75, 3.05) is 4.72 Å². The van der Waals surface area contributed by atoms with E-state index in [2.05, 4.69) is 0 Å². The van der Waals surface area contributed by atoms with E-state index in [1.54, 1.807) is 0 Å². The van der Waals surface area contributed by atoms with Gasteiger partial charge < -0.3 is 4.57 Å². The third-order valence-corrected chi connectivity index (χ3v) is 1.87. The molecule has 0 amide bonds. The highest BCUT2D eigenvalue weighted by Gasteiger charge is 2.01. The molecule has 1 aromatic rings. The smallest absolute Gasteiger partial charge is 0.296 e. The first-order valence-corrected chi connectivity index (χ1v) is 4.90. The first-order valence-electron chi connectivity index (χ1n) is 3.36. The number of pyridine rings is 1. The second kappa shape index (κ2) is 3.19. The molecule has 0 saturated heterocycles. The molecule has 13 heavy (non-hydrogen) atoms. The maximum atomic E-state index is 10.9. The fraction of sp³-hybridized carbons (Fsp3) is 0.167. The molecule has 7 heteroatoms. The molecule has 3 N–H and O–H groups in total. The lowest BCUT2D eigenvalue weighted by molar-refractivity contribution is 0.603. The van der Waals surface area contributed by atoms with Crippen molar-refractivity contribution in [1.29, 1.82) is 0 Å². The minimum atomic E-state index is -3.77. The summed E-state index contributed by atoms with van der Waals surface area (Å²) >= 11 is 0. The van der Waals surface area contributed by atoms with Gasteiger partial charge in [0.05, 0.1) is 5.69 Å². The Labute approximate surface area is 75.2 Å². The molecule has 0 unspecified atom stereocenters. The molecule has 0 bridgehead atoms. The minimum Gasteiger partial charge on any atom is -0.316 e. The number of nitrogens with zero attached hydrogens (tertiary/aromatic N) is 1. The molecule has 1 rings (SSSR count). The van der Waals surface area contributed by atoms with E-state index in [1.165, 1.54) is 29.9 Å². The van der Waals surface area contributed by atoms with Gasteiger partial charge in [-0.1, -0.05) is 0 Å². The lowest BCUT2D eigenvalue weighted by Gasteiger charge is -2.03. The van der Waals surface area contributed by atoms with Crippen molar-refractivity contribution in [3.63, 3.8) is 0 Å². The van der Waals surface area contributed by atoms with Crippen LogP contribution >= 0.6 is 0 Å². The van der Waals surface area contributed by atoms with Gasteiger partial charge in [0, 0.05) is 19.3 Å². The van der Waals surface area contributed by atoms with Crippen LogP contribution < -0.4 is 15.4 Å². The summed E-state index contributed by atoms with van der Waals surface area (Å²) in [6.07, 6.45) is 1.34. The van der Waals surface area contributed by atoms with Crippen LogP contribution in [0.4, 0.5) is 5.69 Å². The van der Waals surface area contributed by atoms with Crippen molar-refractivity contribution >= 4 is 15.9 Å². The largest absolute Gasteiger partial charge is 0.316 e. The molecule has 0 aliphatic heterocycles. The summed E-state index contributed by atoms with van der Waals surface area (Å²) in [4.78, 5) is 10.9. The van der Waals surface area contributed by atoms with E-state index in [0.29, 0.717) is 0 Å². The Morgan fingerprint density at radius 2 is 2.08 bits per heavy atom. The van der Waals surface area contributed by atoms with Gasteiger partial charge in [0.15, 0.2) is 0 Å². The van der Waals surface area contributed by atoms with Gasteiger partial charge in [0.2, 0.25) is 5.56 Å². The van der Waals surface area contributed by atoms with E-state index < -0.39 is 10.2 Å². The molecule has 72 valence electrons. The number of nitrogens with one attached hydrogen (secondary N) is 1. The number of anilines is 1. The van der Waals surface area contributed by atoms with Crippen LogP contribution in [-0.2, 0) is 17.3 Å². The molecular weight excluding hydrogens is 194 g/mol. The Balaban J connectivity index is 3.06. The average Bonchev–Trinajstić information content (AvgIpc) is 1.94. The fourth-order valence-corrected chi connectivity index (χ4v) is 1.27. The maximum absolute atomic E-state index is 10.9. The zero-order valence-corrected chi connectivity index (χ0v) is 7.71. The van der Waals surface area contributed by atoms with Gasteiger partial charge in [-0.05, 0) is 6.07 Å². The Bertz CT molecular complexity index is 462. The summed E-state index contributed by atoms with van der Waals surface area (Å²) < 4.78 is 24.4. The van der Waals surface area contributed by atoms with Crippen molar-refractivity contribution in [3.8, 4) is 0 Å². The standard InChI is InChI=1S/C6H9N3O3S/c1-9-4-5(2-3-6(9)10)8-13(7,11)12/h2-4,8H,1H3,(H2,7,11,12). The highest BCUT2D eigenvalue weighted by molar-refractivity contribution is 7.90. The maximum Gasteiger partial charge on any atom is 0.296 e. The van der Waals surface area contributed by atoms with Gasteiger partial charge >= 0.3 is 0 Å². The third kappa shape index (κ3) is 2.88. The molecule has 0 aliphatic carbocycles. The van der Waals surface area contributed by atoms with E-state index in [9.17, 15) is 13.2 Å². The molecule has 0 aliphatic rings. The zero-order valence-electron chi connectivity index (χ0n) is 6.89. The van der Waals surface area contributed by atoms with Gasteiger partial charge in [0.25, 0.3) is 10.2 Å². The van der Waals surface area contributed by atoms with Gasteiger partial charge in [-0.25, -0.2) is 5.14 Å². The summed E-state index contributed by atoms with van der Waals surface area (Å²) in [5.41, 5.74) is 0.0320. The van der Waals surface area contributed by atoms with Crippen molar-refractivity contribution in [2.45, 2.75) is 0 Å². The van der Waals surface area contributed by atoms with Crippen molar-refractivity contribution in [1.82, 2.24) is 4.57 Å². The number of rotatable bonds is 2. The van der Waals surface area contributed by atoms with Crippen LogP contribution in [0, 0.1) is 0 Å². The SMILES string of the molecule is Cn1cc(NS(N)(=O)=O)ccc1=O. The lowest BCUT2D eigenvalue weighted by Crippen LogP contribution is -2.23. The number of hydrogen-bond donors (Lipinski definition) is 2. The summed E-state index contributed by atoms with van der Waals surface area (Å²) in [5, 5.41) is 4.73. The van der Waals surface area contributed by atoms with Crippen LogP contribution in [-0.4, -0.2) is 13.0 Å². The number of nitrogens with two attached hydrogens (primary N) is 1. The molecule has 0 fully saturated rings. The first-order chi connectivity index (χ1) is 5.88. The predicted octanol–water partition coefficient (Wildman–Crippen LogP) is -0.999. The Kier molecular flexibility index (Phi) is 2.39. The van der Waals surface area contributed by atoms with E-state index in [4.69, 9.17) is 5.14 Å². The van der Waals surface area contributed by atoms with Crippen LogP contribution in [0.25, 0.3) is 0 Å². The topological polar surface area (TPSA) is 94.2 Å². The van der Waals surface area contributed by atoms with Crippen LogP contribution in [0.3, 0.4) is 0 Å². The summed E-state index contributed by atoms with van der Waals surface area (Å²) in [5.74, 6) is 0. The fourth-order valence-electron chi connectivity index (χ4n) is 0.819. The van der Waals surface area contributed by atoms with Crippen LogP contribution in [0.1, 0.15) is 0 Å². The summed E-state index contributed by atoms with van der Waals surface area (Å²) in [7, 11) is -2.26. The normalized spacial score (nSPS) is 11.2. The lowest BCUT2D eigenvalue weighted by atomic mass is 10.4. The molecule has 0 aromatic carbocycles. The van der Waals surface area contributed by atoms with Crippen molar-refractivity contribution in [2.24, 2.45) is 12.2 Å². The number of hydrogen-bond acceptors (Lipinski definition) is 3. The highest BCUT2D eigenvalue weighted by Crippen LogP contribution is 2.02. The molecule has 1 heterocycles. The molecular formula is C6H9N3O3S. The molecule has 1 aromatic heterocycles. The Morgan fingerprint density at radius 3 is 2.54 bits per heavy atom. The van der Waals surface area contributed by atoms with Gasteiger partial charge in [-0.2, -0.15) is 8.42 Å². The van der Waals surface area contributed by atoms with Crippen molar-refractivity contribution in [3.05, 3.63) is 28.7 Å². The average molecular weight is 203 g/mol. The van der Waals surface area contributed by atoms with Gasteiger partial charge in [-0.3, -0.25) is 9.52 Å². The van der Waals surface area contributed by atoms with E-state index in [-0.39, 0.29) is 11.2 Å². The predicted molar refractivity (Wildman–Crippen MR) is 48.4 cm³/mol. The van der Waals surface area contributed by atoms with Crippen LogP contribution in [0.15, 0.2) is 23.1 Å². The van der Waals surface area contributed by atoms with E-state index >= 15 is 0 Å². The third-order valence-electron chi connectivity index (χ3n) is 1.35. The highest BCUT2D eigenvalue weighted by atomic mass is 32.2. The quantitative estimate of drug-likeness (QED) is 0.645. The van der Waals surface area contributed by atoms with E-state index in [1.807, 2.05) is 4.72 Å². The zero-order chi connectivity index (χ0) is 10.1. The molecule has 0 radical (unpaired) electrons. The second-order valence-electron chi connectivity index (χ2n) is 2.51. The Hall–Kier alpha value is -1.34. The van der Waals surface area contributed by atoms with Crippen LogP contribution in [0.2, 0.25) is 0 Å². The van der Waals surface area contributed by atoms with Crippen LogP contribution in [0.5, 0.6) is 0 Å². The summed E-state index contributed by atoms with van der Waals surface area (Å²) in [6, 6.07) is 2.58. The second-order valence-corrected chi connectivity index (χ2v) is 3.81. The molecule has 0 atom stereocenters. The Morgan fingerprint density at radius 1 is 1.46 bits per heavy atom. The number of aromatic nitrogens is 1. The molecule has 0 saturated carbocycles. The minimum absolute atomic E-state index is 0.222. The first kappa shape index (κ1) is 9.75.